The number of hydrogen-bond donors (Lipinski definition) is 1. The molecule has 1 N–H and O–H groups in total. The number of benzene rings is 1. The van der Waals surface area contributed by atoms with E-state index >= 15 is 0 Å². The zero-order valence-electron chi connectivity index (χ0n) is 10.4. The van der Waals surface area contributed by atoms with Crippen molar-refractivity contribution in [2.75, 3.05) is 6.54 Å². The van der Waals surface area contributed by atoms with Gasteiger partial charge in [-0.05, 0) is 25.0 Å². The average molecular weight is 306 g/mol. The Balaban J connectivity index is 2.57. The second kappa shape index (κ2) is 6.72. The van der Waals surface area contributed by atoms with Crippen LogP contribution in [0.15, 0.2) is 29.2 Å². The maximum absolute atomic E-state index is 11.9. The quantitative estimate of drug-likeness (QED) is 0.821. The van der Waals surface area contributed by atoms with Crippen molar-refractivity contribution >= 4 is 10.0 Å². The summed E-state index contributed by atoms with van der Waals surface area (Å²) >= 11 is 0. The lowest BCUT2D eigenvalue weighted by Gasteiger charge is -2.09. The van der Waals surface area contributed by atoms with Crippen LogP contribution in [0, 0.1) is 11.3 Å². The molecule has 0 saturated carbocycles. The molecule has 0 fully saturated rings. The van der Waals surface area contributed by atoms with Gasteiger partial charge in [0.15, 0.2) is 0 Å². The lowest BCUT2D eigenvalue weighted by Crippen LogP contribution is -2.25. The molecule has 20 heavy (non-hydrogen) atoms. The SMILES string of the molecule is N#Cc1ccccc1S(=O)(=O)NCCCCC(F)(F)F. The van der Waals surface area contributed by atoms with Gasteiger partial charge in [-0.15, -0.1) is 0 Å². The summed E-state index contributed by atoms with van der Waals surface area (Å²) in [7, 11) is -3.87. The number of hydrogen-bond acceptors (Lipinski definition) is 3. The summed E-state index contributed by atoms with van der Waals surface area (Å²) in [6.45, 7) is -0.0990. The molecule has 110 valence electrons. The molecular weight excluding hydrogens is 293 g/mol. The molecule has 0 heterocycles. The molecular formula is C12H13F3N2O2S. The number of halogens is 3. The molecule has 0 atom stereocenters. The number of nitrogens with zero attached hydrogens (tertiary/aromatic N) is 1. The van der Waals surface area contributed by atoms with Gasteiger partial charge in [-0.1, -0.05) is 12.1 Å². The van der Waals surface area contributed by atoms with E-state index < -0.39 is 22.6 Å². The van der Waals surface area contributed by atoms with Gasteiger partial charge in [0.2, 0.25) is 10.0 Å². The molecule has 0 unspecified atom stereocenters. The summed E-state index contributed by atoms with van der Waals surface area (Å²) in [6, 6.07) is 7.39. The summed E-state index contributed by atoms with van der Waals surface area (Å²) in [6.07, 6.45) is -5.24. The van der Waals surface area contributed by atoms with Gasteiger partial charge in [-0.25, -0.2) is 13.1 Å². The van der Waals surface area contributed by atoms with E-state index in [4.69, 9.17) is 5.26 Å². The van der Waals surface area contributed by atoms with Crippen molar-refractivity contribution in [1.29, 1.82) is 5.26 Å². The predicted octanol–water partition coefficient (Wildman–Crippen LogP) is 2.57. The highest BCUT2D eigenvalue weighted by molar-refractivity contribution is 7.89. The van der Waals surface area contributed by atoms with Crippen molar-refractivity contribution in [2.24, 2.45) is 0 Å². The number of nitriles is 1. The molecule has 0 amide bonds. The fourth-order valence-corrected chi connectivity index (χ4v) is 2.76. The van der Waals surface area contributed by atoms with E-state index in [2.05, 4.69) is 4.72 Å². The maximum atomic E-state index is 11.9. The Bertz CT molecular complexity index is 591. The normalized spacial score (nSPS) is 12.1. The van der Waals surface area contributed by atoms with Crippen molar-refractivity contribution in [2.45, 2.75) is 30.3 Å². The Morgan fingerprint density at radius 1 is 1.20 bits per heavy atom. The zero-order chi connectivity index (χ0) is 15.2. The molecule has 0 aromatic heterocycles. The summed E-state index contributed by atoms with van der Waals surface area (Å²) in [4.78, 5) is -0.168. The Morgan fingerprint density at radius 2 is 1.85 bits per heavy atom. The van der Waals surface area contributed by atoms with E-state index in [0.717, 1.165) is 0 Å². The van der Waals surface area contributed by atoms with Gasteiger partial charge in [-0.2, -0.15) is 18.4 Å². The van der Waals surface area contributed by atoms with E-state index in [1.54, 1.807) is 6.07 Å². The summed E-state index contributed by atoms with van der Waals surface area (Å²) in [5, 5.41) is 8.81. The zero-order valence-corrected chi connectivity index (χ0v) is 11.3. The fraction of sp³-hybridized carbons (Fsp3) is 0.417. The number of sulfonamides is 1. The summed E-state index contributed by atoms with van der Waals surface area (Å²) in [5.74, 6) is 0. The van der Waals surface area contributed by atoms with Gasteiger partial charge in [0.1, 0.15) is 6.07 Å². The first-order chi connectivity index (χ1) is 9.26. The van der Waals surface area contributed by atoms with Crippen molar-refractivity contribution in [3.63, 3.8) is 0 Å². The van der Waals surface area contributed by atoms with Crippen molar-refractivity contribution in [1.82, 2.24) is 4.72 Å². The first kappa shape index (κ1) is 16.5. The monoisotopic (exact) mass is 306 g/mol. The third-order valence-electron chi connectivity index (χ3n) is 2.48. The van der Waals surface area contributed by atoms with Gasteiger partial charge in [-0.3, -0.25) is 0 Å². The largest absolute Gasteiger partial charge is 0.389 e. The van der Waals surface area contributed by atoms with Crippen LogP contribution in [-0.2, 0) is 10.0 Å². The average Bonchev–Trinajstić information content (AvgIpc) is 2.36. The smallest absolute Gasteiger partial charge is 0.211 e. The Kier molecular flexibility index (Phi) is 5.53. The fourth-order valence-electron chi connectivity index (χ4n) is 1.53. The van der Waals surface area contributed by atoms with Gasteiger partial charge < -0.3 is 0 Å². The molecule has 0 spiro atoms. The van der Waals surface area contributed by atoms with Crippen LogP contribution in [-0.4, -0.2) is 21.1 Å². The third-order valence-corrected chi connectivity index (χ3v) is 4.00. The topological polar surface area (TPSA) is 70.0 Å². The van der Waals surface area contributed by atoms with E-state index in [-0.39, 0.29) is 29.8 Å². The third kappa shape index (κ3) is 5.19. The molecule has 0 saturated heterocycles. The number of nitrogens with one attached hydrogen (secondary N) is 1. The Labute approximate surface area is 115 Å². The van der Waals surface area contributed by atoms with Crippen LogP contribution in [0.3, 0.4) is 0 Å². The molecule has 0 aliphatic heterocycles. The van der Waals surface area contributed by atoms with E-state index in [0.29, 0.717) is 0 Å². The van der Waals surface area contributed by atoms with Gasteiger partial charge >= 0.3 is 6.18 Å². The van der Waals surface area contributed by atoms with Crippen LogP contribution in [0.5, 0.6) is 0 Å². The van der Waals surface area contributed by atoms with E-state index in [1.807, 2.05) is 0 Å². The van der Waals surface area contributed by atoms with E-state index in [9.17, 15) is 21.6 Å². The second-order valence-electron chi connectivity index (χ2n) is 4.08. The van der Waals surface area contributed by atoms with Crippen LogP contribution < -0.4 is 4.72 Å². The van der Waals surface area contributed by atoms with Gasteiger partial charge in [0, 0.05) is 13.0 Å². The first-order valence-electron chi connectivity index (χ1n) is 5.82. The second-order valence-corrected chi connectivity index (χ2v) is 5.81. The molecule has 0 aliphatic carbocycles. The van der Waals surface area contributed by atoms with Crippen LogP contribution in [0.2, 0.25) is 0 Å². The highest BCUT2D eigenvalue weighted by atomic mass is 32.2. The number of unbranched alkanes of at least 4 members (excludes halogenated alkanes) is 1. The van der Waals surface area contributed by atoms with Gasteiger partial charge in [0.05, 0.1) is 10.5 Å². The summed E-state index contributed by atoms with van der Waals surface area (Å²) < 4.78 is 61.7. The van der Waals surface area contributed by atoms with Gasteiger partial charge in [0.25, 0.3) is 0 Å². The molecule has 8 heteroatoms. The number of rotatable bonds is 6. The Morgan fingerprint density at radius 3 is 2.45 bits per heavy atom. The summed E-state index contributed by atoms with van der Waals surface area (Å²) in [5.41, 5.74) is -0.00436. The Hall–Kier alpha value is -1.59. The lowest BCUT2D eigenvalue weighted by atomic mass is 10.2. The minimum Gasteiger partial charge on any atom is -0.211 e. The van der Waals surface area contributed by atoms with Crippen LogP contribution in [0.1, 0.15) is 24.8 Å². The molecule has 1 aromatic carbocycles. The van der Waals surface area contributed by atoms with Crippen LogP contribution in [0.4, 0.5) is 13.2 Å². The highest BCUT2D eigenvalue weighted by Gasteiger charge is 2.26. The van der Waals surface area contributed by atoms with Crippen LogP contribution in [0.25, 0.3) is 0 Å². The number of alkyl halides is 3. The van der Waals surface area contributed by atoms with Crippen molar-refractivity contribution in [3.05, 3.63) is 29.8 Å². The molecule has 4 nitrogen and oxygen atoms in total. The standard InChI is InChI=1S/C12H13F3N2O2S/c13-12(14,15)7-3-4-8-17-20(18,19)11-6-2-1-5-10(11)9-16/h1-2,5-6,17H,3-4,7-8H2. The first-order valence-corrected chi connectivity index (χ1v) is 7.30. The maximum Gasteiger partial charge on any atom is 0.389 e. The van der Waals surface area contributed by atoms with Crippen molar-refractivity contribution in [3.8, 4) is 6.07 Å². The highest BCUT2D eigenvalue weighted by Crippen LogP contribution is 2.22. The molecule has 0 bridgehead atoms. The van der Waals surface area contributed by atoms with E-state index in [1.165, 1.54) is 24.3 Å². The van der Waals surface area contributed by atoms with Crippen molar-refractivity contribution < 1.29 is 21.6 Å². The lowest BCUT2D eigenvalue weighted by molar-refractivity contribution is -0.135. The molecule has 1 rings (SSSR count). The minimum atomic E-state index is -4.23. The molecule has 1 aromatic rings. The predicted molar refractivity (Wildman–Crippen MR) is 66.3 cm³/mol. The molecule has 0 aliphatic rings. The molecule has 0 radical (unpaired) electrons. The van der Waals surface area contributed by atoms with Crippen LogP contribution >= 0.6 is 0 Å². The minimum absolute atomic E-state index is 0.00436.